The molecule has 0 aliphatic heterocycles. The summed E-state index contributed by atoms with van der Waals surface area (Å²) >= 11 is 0. The van der Waals surface area contributed by atoms with E-state index in [2.05, 4.69) is 10.6 Å². The second kappa shape index (κ2) is 6.26. The first-order chi connectivity index (χ1) is 9.95. The van der Waals surface area contributed by atoms with E-state index in [1.165, 1.54) is 6.07 Å². The number of benzene rings is 2. The number of urea groups is 1. The van der Waals surface area contributed by atoms with E-state index in [0.29, 0.717) is 11.4 Å². The molecule has 21 heavy (non-hydrogen) atoms. The smallest absolute Gasteiger partial charge is 0.316 e. The van der Waals surface area contributed by atoms with Crippen molar-refractivity contribution >= 4 is 17.4 Å². The monoisotopic (exact) mass is 287 g/mol. The zero-order chi connectivity index (χ0) is 15.4. The van der Waals surface area contributed by atoms with Crippen molar-refractivity contribution in [3.63, 3.8) is 0 Å². The van der Waals surface area contributed by atoms with Crippen LogP contribution in [-0.4, -0.2) is 6.03 Å². The number of halogens is 1. The minimum absolute atomic E-state index is 0.0650. The van der Waals surface area contributed by atoms with Crippen LogP contribution in [0.2, 0.25) is 0 Å². The van der Waals surface area contributed by atoms with Gasteiger partial charge in [0.25, 0.3) is 0 Å². The van der Waals surface area contributed by atoms with Crippen LogP contribution in [0.25, 0.3) is 0 Å². The van der Waals surface area contributed by atoms with E-state index in [-0.39, 0.29) is 11.9 Å². The predicted molar refractivity (Wildman–Crippen MR) is 82.8 cm³/mol. The number of primary amides is 1. The molecule has 0 fully saturated rings. The summed E-state index contributed by atoms with van der Waals surface area (Å²) in [6.07, 6.45) is 0. The number of aryl methyl sites for hydroxylation is 1. The summed E-state index contributed by atoms with van der Waals surface area (Å²) in [5.41, 5.74) is 8.00. The molecule has 4 N–H and O–H groups in total. The summed E-state index contributed by atoms with van der Waals surface area (Å²) in [5.74, 6) is -0.270. The van der Waals surface area contributed by atoms with Gasteiger partial charge in [0.1, 0.15) is 5.82 Å². The summed E-state index contributed by atoms with van der Waals surface area (Å²) < 4.78 is 13.8. The van der Waals surface area contributed by atoms with E-state index in [0.717, 1.165) is 11.1 Å². The fourth-order valence-electron chi connectivity index (χ4n) is 2.05. The maximum Gasteiger partial charge on any atom is 0.316 e. The number of amides is 2. The van der Waals surface area contributed by atoms with Gasteiger partial charge in [-0.1, -0.05) is 18.2 Å². The quantitative estimate of drug-likeness (QED) is 0.800. The average Bonchev–Trinajstić information content (AvgIpc) is 2.42. The van der Waals surface area contributed by atoms with Crippen molar-refractivity contribution in [2.45, 2.75) is 19.9 Å². The van der Waals surface area contributed by atoms with Crippen molar-refractivity contribution in [1.29, 1.82) is 0 Å². The number of hydrogen-bond donors (Lipinski definition) is 3. The maximum absolute atomic E-state index is 13.8. The van der Waals surface area contributed by atoms with Crippen LogP contribution in [0.1, 0.15) is 24.1 Å². The Hall–Kier alpha value is -2.56. The van der Waals surface area contributed by atoms with E-state index >= 15 is 0 Å². The van der Waals surface area contributed by atoms with Gasteiger partial charge in [-0.2, -0.15) is 0 Å². The lowest BCUT2D eigenvalue weighted by molar-refractivity contribution is 0.259. The van der Waals surface area contributed by atoms with Crippen LogP contribution in [-0.2, 0) is 0 Å². The molecule has 0 aliphatic carbocycles. The predicted octanol–water partition coefficient (Wildman–Crippen LogP) is 3.80. The first kappa shape index (κ1) is 14.8. The second-order valence-corrected chi connectivity index (χ2v) is 4.96. The average molecular weight is 287 g/mol. The fraction of sp³-hybridized carbons (Fsp3) is 0.188. The lowest BCUT2D eigenvalue weighted by atomic mass is 10.1. The van der Waals surface area contributed by atoms with Gasteiger partial charge in [0.2, 0.25) is 0 Å². The largest absolute Gasteiger partial charge is 0.376 e. The topological polar surface area (TPSA) is 67.2 Å². The minimum atomic E-state index is -0.601. The van der Waals surface area contributed by atoms with Crippen LogP contribution >= 0.6 is 0 Å². The van der Waals surface area contributed by atoms with E-state index in [1.807, 2.05) is 32.0 Å². The molecular weight excluding hydrogens is 269 g/mol. The Morgan fingerprint density at radius 1 is 1.19 bits per heavy atom. The van der Waals surface area contributed by atoms with Crippen LogP contribution < -0.4 is 16.4 Å². The Morgan fingerprint density at radius 2 is 1.86 bits per heavy atom. The molecule has 0 aromatic heterocycles. The van der Waals surface area contributed by atoms with Crippen molar-refractivity contribution in [2.75, 3.05) is 10.6 Å². The molecular formula is C16H18FN3O. The SMILES string of the molecule is Cc1ccc(NC(C)c2ccc(NC(N)=O)cc2)c(F)c1. The van der Waals surface area contributed by atoms with Gasteiger partial charge in [-0.15, -0.1) is 0 Å². The molecule has 2 aromatic carbocycles. The Labute approximate surface area is 123 Å². The molecule has 110 valence electrons. The summed E-state index contributed by atoms with van der Waals surface area (Å²) in [4.78, 5) is 10.8. The number of carbonyl (C=O) groups excluding carboxylic acids is 1. The van der Waals surface area contributed by atoms with E-state index < -0.39 is 6.03 Å². The highest BCUT2D eigenvalue weighted by atomic mass is 19.1. The Bertz CT molecular complexity index is 640. The van der Waals surface area contributed by atoms with Gasteiger partial charge in [-0.05, 0) is 49.2 Å². The third-order valence-corrected chi connectivity index (χ3v) is 3.17. The molecule has 2 aromatic rings. The molecule has 0 radical (unpaired) electrons. The molecule has 4 nitrogen and oxygen atoms in total. The number of anilines is 2. The van der Waals surface area contributed by atoms with E-state index in [1.54, 1.807) is 18.2 Å². The molecule has 0 spiro atoms. The standard InChI is InChI=1S/C16H18FN3O/c1-10-3-8-15(14(17)9-10)19-11(2)12-4-6-13(7-5-12)20-16(18)21/h3-9,11,19H,1-2H3,(H3,18,20,21). The number of nitrogens with two attached hydrogens (primary N) is 1. The van der Waals surface area contributed by atoms with Gasteiger partial charge in [-0.3, -0.25) is 0 Å². The molecule has 0 saturated carbocycles. The molecule has 1 unspecified atom stereocenters. The Balaban J connectivity index is 2.09. The number of rotatable bonds is 4. The minimum Gasteiger partial charge on any atom is -0.376 e. The molecule has 5 heteroatoms. The second-order valence-electron chi connectivity index (χ2n) is 4.96. The number of carbonyl (C=O) groups is 1. The zero-order valence-corrected chi connectivity index (χ0v) is 12.0. The van der Waals surface area contributed by atoms with Crippen LogP contribution in [0.3, 0.4) is 0 Å². The lowest BCUT2D eigenvalue weighted by Gasteiger charge is -2.17. The normalized spacial score (nSPS) is 11.8. The lowest BCUT2D eigenvalue weighted by Crippen LogP contribution is -2.19. The van der Waals surface area contributed by atoms with Crippen LogP contribution in [0, 0.1) is 12.7 Å². The molecule has 0 heterocycles. The highest BCUT2D eigenvalue weighted by Gasteiger charge is 2.09. The molecule has 0 saturated heterocycles. The molecule has 1 atom stereocenters. The summed E-state index contributed by atoms with van der Waals surface area (Å²) in [6, 6.07) is 11.6. The van der Waals surface area contributed by atoms with Gasteiger partial charge in [0, 0.05) is 11.7 Å². The van der Waals surface area contributed by atoms with E-state index in [4.69, 9.17) is 5.73 Å². The Kier molecular flexibility index (Phi) is 4.42. The van der Waals surface area contributed by atoms with Gasteiger partial charge in [0.05, 0.1) is 5.69 Å². The summed E-state index contributed by atoms with van der Waals surface area (Å²) in [6.45, 7) is 3.79. The van der Waals surface area contributed by atoms with Crippen LogP contribution in [0.15, 0.2) is 42.5 Å². The number of nitrogens with one attached hydrogen (secondary N) is 2. The van der Waals surface area contributed by atoms with E-state index in [9.17, 15) is 9.18 Å². The van der Waals surface area contributed by atoms with Crippen molar-refractivity contribution < 1.29 is 9.18 Å². The third kappa shape index (κ3) is 3.95. The highest BCUT2D eigenvalue weighted by molar-refractivity contribution is 5.87. The van der Waals surface area contributed by atoms with Crippen molar-refractivity contribution in [3.8, 4) is 0 Å². The van der Waals surface area contributed by atoms with Crippen molar-refractivity contribution in [3.05, 3.63) is 59.4 Å². The van der Waals surface area contributed by atoms with Crippen molar-refractivity contribution in [1.82, 2.24) is 0 Å². The highest BCUT2D eigenvalue weighted by Crippen LogP contribution is 2.23. The number of hydrogen-bond acceptors (Lipinski definition) is 2. The molecule has 2 rings (SSSR count). The zero-order valence-electron chi connectivity index (χ0n) is 12.0. The summed E-state index contributed by atoms with van der Waals surface area (Å²) in [5, 5.41) is 5.62. The molecule has 0 aliphatic rings. The summed E-state index contributed by atoms with van der Waals surface area (Å²) in [7, 11) is 0. The van der Waals surface area contributed by atoms with Gasteiger partial charge < -0.3 is 16.4 Å². The first-order valence-electron chi connectivity index (χ1n) is 6.65. The van der Waals surface area contributed by atoms with Crippen molar-refractivity contribution in [2.24, 2.45) is 5.73 Å². The van der Waals surface area contributed by atoms with Crippen LogP contribution in [0.5, 0.6) is 0 Å². The first-order valence-corrected chi connectivity index (χ1v) is 6.65. The van der Waals surface area contributed by atoms with Gasteiger partial charge >= 0.3 is 6.03 Å². The fourth-order valence-corrected chi connectivity index (χ4v) is 2.05. The van der Waals surface area contributed by atoms with Crippen LogP contribution in [0.4, 0.5) is 20.6 Å². The Morgan fingerprint density at radius 3 is 2.43 bits per heavy atom. The third-order valence-electron chi connectivity index (χ3n) is 3.17. The van der Waals surface area contributed by atoms with Gasteiger partial charge in [0.15, 0.2) is 0 Å². The molecule has 0 bridgehead atoms. The molecule has 2 amide bonds. The maximum atomic E-state index is 13.8. The van der Waals surface area contributed by atoms with Gasteiger partial charge in [-0.25, -0.2) is 9.18 Å².